The van der Waals surface area contributed by atoms with Crippen molar-refractivity contribution in [2.24, 2.45) is 0 Å². The van der Waals surface area contributed by atoms with Crippen molar-refractivity contribution in [2.75, 3.05) is 26.3 Å². The number of hydrogen-bond donors (Lipinski definition) is 14. The molecule has 350 valence electrons. The van der Waals surface area contributed by atoms with E-state index < -0.39 is 110 Å². The van der Waals surface area contributed by atoms with Gasteiger partial charge in [-0.25, -0.2) is 0 Å². The minimum atomic E-state index is -1.98. The van der Waals surface area contributed by atoms with Crippen molar-refractivity contribution in [2.45, 2.75) is 120 Å². The van der Waals surface area contributed by atoms with Gasteiger partial charge in [0.2, 0.25) is 0 Å². The number of amides is 2. The minimum Gasteiger partial charge on any atom is -0.394 e. The zero-order valence-electron chi connectivity index (χ0n) is 37.0. The van der Waals surface area contributed by atoms with Gasteiger partial charge in [-0.3, -0.25) is 9.59 Å². The highest BCUT2D eigenvalue weighted by Gasteiger charge is 2.36. The van der Waals surface area contributed by atoms with Crippen LogP contribution in [0.5, 0.6) is 0 Å². The zero-order chi connectivity index (χ0) is 48.0. The normalized spacial score (nSPS) is 17.8. The van der Waals surface area contributed by atoms with Gasteiger partial charge in [0.05, 0.1) is 25.4 Å². The van der Waals surface area contributed by atoms with Crippen molar-refractivity contribution in [1.82, 2.24) is 10.6 Å². The van der Waals surface area contributed by atoms with Gasteiger partial charge in [-0.15, -0.1) is 0 Å². The maximum absolute atomic E-state index is 13.0. The summed E-state index contributed by atoms with van der Waals surface area (Å²) in [5, 5.41) is 123. The van der Waals surface area contributed by atoms with Crippen molar-refractivity contribution < 1.29 is 70.9 Å². The number of nitrogens with one attached hydrogen (secondary N) is 2. The maximum atomic E-state index is 13.0. The summed E-state index contributed by atoms with van der Waals surface area (Å²) in [4.78, 5) is 26.1. The van der Waals surface area contributed by atoms with E-state index >= 15 is 0 Å². The SMILES string of the molecule is C=C(/C=C/C=C/C=C/C=C(/C)C(C)(C)c1cc(C(=O)NCC(O)C(O)C(O)C(O)C(O)CO)ccc1C)C(C)(C)c1cc(C(=O)NCC(O)C(O)C(O)C(O)C(O)CO)ccc1C. The van der Waals surface area contributed by atoms with E-state index in [1.165, 1.54) is 0 Å². The first-order valence-electron chi connectivity index (χ1n) is 20.5. The third kappa shape index (κ3) is 14.8. The molecule has 14 N–H and O–H groups in total. The molecule has 2 amide bonds. The fraction of sp³-hybridized carbons (Fsp3) is 0.489. The number of allylic oxidation sites excluding steroid dienone is 9. The van der Waals surface area contributed by atoms with Gasteiger partial charge in [0.1, 0.15) is 48.8 Å². The van der Waals surface area contributed by atoms with Crippen molar-refractivity contribution >= 4 is 11.8 Å². The Kier molecular flexibility index (Phi) is 21.4. The molecule has 16 heteroatoms. The number of aliphatic hydroxyl groups is 12. The van der Waals surface area contributed by atoms with Crippen molar-refractivity contribution in [3.63, 3.8) is 0 Å². The van der Waals surface area contributed by atoms with Gasteiger partial charge in [0.25, 0.3) is 11.8 Å². The summed E-state index contributed by atoms with van der Waals surface area (Å²) >= 11 is 0. The molecule has 0 radical (unpaired) electrons. The lowest BCUT2D eigenvalue weighted by molar-refractivity contribution is -0.139. The van der Waals surface area contributed by atoms with Crippen LogP contribution in [-0.4, -0.2) is 160 Å². The number of aliphatic hydroxyl groups excluding tert-OH is 12. The van der Waals surface area contributed by atoms with E-state index in [1.807, 2.05) is 91.0 Å². The molecular formula is C47H68N2O14. The third-order valence-corrected chi connectivity index (χ3v) is 11.5. The van der Waals surface area contributed by atoms with Crippen LogP contribution in [0.3, 0.4) is 0 Å². The van der Waals surface area contributed by atoms with Gasteiger partial charge < -0.3 is 71.9 Å². The monoisotopic (exact) mass is 884 g/mol. The molecule has 10 unspecified atom stereocenters. The highest BCUT2D eigenvalue weighted by molar-refractivity contribution is 5.95. The molecule has 2 aromatic rings. The standard InChI is InChI=1S/C47H68N2O14/c1-26-16-18-30(44(62)48-22-34(52)38(56)42(60)40(58)36(54)24-50)20-32(26)46(5,6)28(3)14-12-10-9-11-13-15-29(4)47(7,8)33-21-31(19-17-27(33)2)45(63)49-23-35(53)39(57)43(61)41(59)37(55)25-51/h9-21,34-43,50-61H,3,22-25H2,1-2,4-8H3,(H,48,62)(H,49,63)/b10-9+,13-11+,14-12+,29-15-. The molecule has 16 nitrogen and oxygen atoms in total. The summed E-state index contributed by atoms with van der Waals surface area (Å²) in [5.74, 6) is -1.11. The van der Waals surface area contributed by atoms with Gasteiger partial charge in [-0.05, 0) is 72.9 Å². The van der Waals surface area contributed by atoms with E-state index in [-0.39, 0.29) is 5.56 Å². The van der Waals surface area contributed by atoms with E-state index in [4.69, 9.17) is 10.2 Å². The van der Waals surface area contributed by atoms with Crippen molar-refractivity contribution in [1.29, 1.82) is 0 Å². The molecule has 0 aromatic heterocycles. The Morgan fingerprint density at radius 1 is 0.571 bits per heavy atom. The molecule has 2 rings (SSSR count). The number of benzene rings is 2. The van der Waals surface area contributed by atoms with Crippen LogP contribution in [0, 0.1) is 13.8 Å². The molecule has 0 spiro atoms. The molecule has 10 atom stereocenters. The summed E-state index contributed by atoms with van der Waals surface area (Å²) in [5.41, 5.74) is 4.71. The first-order valence-corrected chi connectivity index (χ1v) is 20.5. The van der Waals surface area contributed by atoms with Crippen LogP contribution in [-0.2, 0) is 10.8 Å². The van der Waals surface area contributed by atoms with Crippen LogP contribution in [0.25, 0.3) is 0 Å². The van der Waals surface area contributed by atoms with Gasteiger partial charge in [-0.2, -0.15) is 0 Å². The third-order valence-electron chi connectivity index (χ3n) is 11.5. The molecule has 0 heterocycles. The second-order valence-electron chi connectivity index (χ2n) is 16.8. The molecule has 0 aliphatic rings. The molecule has 0 aliphatic heterocycles. The maximum Gasteiger partial charge on any atom is 0.251 e. The van der Waals surface area contributed by atoms with E-state index in [2.05, 4.69) is 17.2 Å². The average molecular weight is 885 g/mol. The Morgan fingerprint density at radius 3 is 1.35 bits per heavy atom. The molecule has 0 saturated heterocycles. The summed E-state index contributed by atoms with van der Waals surface area (Å²) in [7, 11) is 0. The molecule has 2 aromatic carbocycles. The Labute approximate surface area is 369 Å². The summed E-state index contributed by atoms with van der Waals surface area (Å²) in [6, 6.07) is 10.3. The van der Waals surface area contributed by atoms with Gasteiger partial charge >= 0.3 is 0 Å². The van der Waals surface area contributed by atoms with Gasteiger partial charge in [0.15, 0.2) is 0 Å². The van der Waals surface area contributed by atoms with Crippen LogP contribution >= 0.6 is 0 Å². The lowest BCUT2D eigenvalue weighted by Gasteiger charge is -2.29. The highest BCUT2D eigenvalue weighted by Crippen LogP contribution is 2.35. The highest BCUT2D eigenvalue weighted by atomic mass is 16.4. The zero-order valence-corrected chi connectivity index (χ0v) is 37.0. The quantitative estimate of drug-likeness (QED) is 0.0607. The second-order valence-corrected chi connectivity index (χ2v) is 16.8. The molecule has 0 saturated carbocycles. The van der Waals surface area contributed by atoms with Crippen LogP contribution in [0.4, 0.5) is 0 Å². The molecule has 0 aliphatic carbocycles. The first-order chi connectivity index (χ1) is 29.3. The number of aryl methyl sites for hydroxylation is 2. The van der Waals surface area contributed by atoms with Crippen LogP contribution < -0.4 is 10.6 Å². The average Bonchev–Trinajstić information content (AvgIpc) is 3.26. The fourth-order valence-corrected chi connectivity index (χ4v) is 6.61. The van der Waals surface area contributed by atoms with Crippen LogP contribution in [0.2, 0.25) is 0 Å². The van der Waals surface area contributed by atoms with Gasteiger partial charge in [-0.1, -0.05) is 94.5 Å². The molecular weight excluding hydrogens is 817 g/mol. The number of hydrogen-bond acceptors (Lipinski definition) is 14. The van der Waals surface area contributed by atoms with Crippen molar-refractivity contribution in [3.05, 3.63) is 130 Å². The lowest BCUT2D eigenvalue weighted by Crippen LogP contribution is -2.52. The Bertz CT molecular complexity index is 1960. The molecule has 63 heavy (non-hydrogen) atoms. The summed E-state index contributed by atoms with van der Waals surface area (Å²) in [6.07, 6.45) is -5.41. The molecule has 0 fully saturated rings. The largest absolute Gasteiger partial charge is 0.394 e. The van der Waals surface area contributed by atoms with E-state index in [0.717, 1.165) is 33.4 Å². The lowest BCUT2D eigenvalue weighted by atomic mass is 9.75. The van der Waals surface area contributed by atoms with Crippen LogP contribution in [0.15, 0.2) is 96.7 Å². The molecule has 0 bridgehead atoms. The number of rotatable bonds is 24. The Hall–Kier alpha value is -4.40. The Balaban J connectivity index is 2.07. The topological polar surface area (TPSA) is 301 Å². The number of carbonyl (C=O) groups is 2. The minimum absolute atomic E-state index is 0.270. The first kappa shape index (κ1) is 54.7. The predicted octanol–water partition coefficient (Wildman–Crippen LogP) is -0.217. The van der Waals surface area contributed by atoms with E-state index in [1.54, 1.807) is 36.4 Å². The Morgan fingerprint density at radius 2 is 0.937 bits per heavy atom. The second kappa shape index (κ2) is 24.6. The smallest absolute Gasteiger partial charge is 0.251 e. The van der Waals surface area contributed by atoms with Crippen LogP contribution in [0.1, 0.15) is 77.6 Å². The van der Waals surface area contributed by atoms with Gasteiger partial charge in [0, 0.05) is 35.0 Å². The van der Waals surface area contributed by atoms with Crippen molar-refractivity contribution in [3.8, 4) is 0 Å². The fourth-order valence-electron chi connectivity index (χ4n) is 6.61. The predicted molar refractivity (Wildman–Crippen MR) is 238 cm³/mol. The van der Waals surface area contributed by atoms with E-state index in [9.17, 15) is 60.7 Å². The number of carbonyl (C=O) groups excluding carboxylic acids is 2. The summed E-state index contributed by atoms with van der Waals surface area (Å²) in [6.45, 7) is 15.3. The van der Waals surface area contributed by atoms with E-state index in [0.29, 0.717) is 5.56 Å². The summed E-state index contributed by atoms with van der Waals surface area (Å²) < 4.78 is 0.